The summed E-state index contributed by atoms with van der Waals surface area (Å²) in [6, 6.07) is 6.54. The quantitative estimate of drug-likeness (QED) is 0.933. The van der Waals surface area contributed by atoms with Crippen molar-refractivity contribution in [3.8, 4) is 0 Å². The Kier molecular flexibility index (Phi) is 4.90. The van der Waals surface area contributed by atoms with Crippen molar-refractivity contribution in [2.45, 2.75) is 45.6 Å². The SMILES string of the molecule is Cc1ccc(N2CCCC2)c(C(=O)N2CCC(C(C)N)CC2)c1. The molecule has 2 heterocycles. The molecule has 126 valence electrons. The number of amides is 1. The Morgan fingerprint density at radius 3 is 2.43 bits per heavy atom. The van der Waals surface area contributed by atoms with Crippen molar-refractivity contribution in [3.05, 3.63) is 29.3 Å². The zero-order valence-electron chi connectivity index (χ0n) is 14.4. The molecular formula is C19H29N3O. The van der Waals surface area contributed by atoms with Gasteiger partial charge in [0.15, 0.2) is 0 Å². The molecule has 2 fully saturated rings. The maximum atomic E-state index is 13.1. The molecule has 0 radical (unpaired) electrons. The first kappa shape index (κ1) is 16.3. The zero-order chi connectivity index (χ0) is 16.4. The van der Waals surface area contributed by atoms with Crippen molar-refractivity contribution in [2.24, 2.45) is 11.7 Å². The number of likely N-dealkylation sites (tertiary alicyclic amines) is 1. The normalized spacial score (nSPS) is 20.8. The van der Waals surface area contributed by atoms with Crippen LogP contribution in [-0.4, -0.2) is 43.0 Å². The Balaban J connectivity index is 1.78. The van der Waals surface area contributed by atoms with Gasteiger partial charge in [0.05, 0.1) is 5.56 Å². The van der Waals surface area contributed by atoms with Crippen LogP contribution in [0.1, 0.15) is 48.5 Å². The summed E-state index contributed by atoms with van der Waals surface area (Å²) in [6.45, 7) is 7.93. The van der Waals surface area contributed by atoms with Gasteiger partial charge in [-0.15, -0.1) is 0 Å². The Bertz CT molecular complexity index is 556. The summed E-state index contributed by atoms with van der Waals surface area (Å²) in [4.78, 5) is 17.5. The monoisotopic (exact) mass is 315 g/mol. The summed E-state index contributed by atoms with van der Waals surface area (Å²) in [5, 5.41) is 0. The van der Waals surface area contributed by atoms with Crippen LogP contribution in [0.5, 0.6) is 0 Å². The van der Waals surface area contributed by atoms with Gasteiger partial charge in [0, 0.05) is 37.9 Å². The molecule has 1 aromatic carbocycles. The fourth-order valence-corrected chi connectivity index (χ4v) is 3.85. The fourth-order valence-electron chi connectivity index (χ4n) is 3.85. The first-order valence-electron chi connectivity index (χ1n) is 8.96. The third-order valence-corrected chi connectivity index (χ3v) is 5.40. The molecule has 2 aliphatic rings. The molecule has 0 saturated carbocycles. The lowest BCUT2D eigenvalue weighted by atomic mass is 9.90. The molecule has 2 N–H and O–H groups in total. The van der Waals surface area contributed by atoms with E-state index in [2.05, 4.69) is 36.9 Å². The maximum Gasteiger partial charge on any atom is 0.255 e. The fraction of sp³-hybridized carbons (Fsp3) is 0.632. The molecule has 4 nitrogen and oxygen atoms in total. The van der Waals surface area contributed by atoms with E-state index < -0.39 is 0 Å². The minimum Gasteiger partial charge on any atom is -0.371 e. The first-order valence-corrected chi connectivity index (χ1v) is 8.96. The molecular weight excluding hydrogens is 286 g/mol. The van der Waals surface area contributed by atoms with E-state index in [1.807, 2.05) is 4.90 Å². The van der Waals surface area contributed by atoms with Gasteiger partial charge in [0.2, 0.25) is 0 Å². The van der Waals surface area contributed by atoms with Crippen LogP contribution in [0.15, 0.2) is 18.2 Å². The molecule has 1 atom stereocenters. The van der Waals surface area contributed by atoms with Crippen LogP contribution < -0.4 is 10.6 Å². The molecule has 1 unspecified atom stereocenters. The van der Waals surface area contributed by atoms with Gasteiger partial charge in [-0.3, -0.25) is 4.79 Å². The smallest absolute Gasteiger partial charge is 0.255 e. The lowest BCUT2D eigenvalue weighted by Gasteiger charge is -2.34. The molecule has 2 aliphatic heterocycles. The Morgan fingerprint density at radius 2 is 1.83 bits per heavy atom. The molecule has 0 aliphatic carbocycles. The van der Waals surface area contributed by atoms with E-state index in [1.54, 1.807) is 0 Å². The zero-order valence-corrected chi connectivity index (χ0v) is 14.4. The predicted molar refractivity (Wildman–Crippen MR) is 94.9 cm³/mol. The molecule has 3 rings (SSSR count). The summed E-state index contributed by atoms with van der Waals surface area (Å²) in [5.74, 6) is 0.744. The third kappa shape index (κ3) is 3.52. The number of carbonyl (C=O) groups is 1. The third-order valence-electron chi connectivity index (χ3n) is 5.40. The van der Waals surface area contributed by atoms with Crippen molar-refractivity contribution in [3.63, 3.8) is 0 Å². The van der Waals surface area contributed by atoms with Crippen LogP contribution in [0.25, 0.3) is 0 Å². The lowest BCUT2D eigenvalue weighted by molar-refractivity contribution is 0.0681. The van der Waals surface area contributed by atoms with E-state index in [-0.39, 0.29) is 11.9 Å². The van der Waals surface area contributed by atoms with Gasteiger partial charge in [-0.25, -0.2) is 0 Å². The van der Waals surface area contributed by atoms with Gasteiger partial charge in [0.25, 0.3) is 5.91 Å². The summed E-state index contributed by atoms with van der Waals surface area (Å²) in [6.07, 6.45) is 4.49. The molecule has 2 saturated heterocycles. The lowest BCUT2D eigenvalue weighted by Crippen LogP contribution is -2.43. The highest BCUT2D eigenvalue weighted by molar-refractivity contribution is 6.00. The molecule has 0 bridgehead atoms. The average molecular weight is 315 g/mol. The van der Waals surface area contributed by atoms with Crippen LogP contribution in [-0.2, 0) is 0 Å². The second kappa shape index (κ2) is 6.91. The number of benzene rings is 1. The summed E-state index contributed by atoms with van der Waals surface area (Å²) >= 11 is 0. The number of rotatable bonds is 3. The standard InChI is InChI=1S/C19H29N3O/c1-14-5-6-18(21-9-3-4-10-21)17(13-14)19(23)22-11-7-16(8-12-22)15(2)20/h5-6,13,15-16H,3-4,7-12,20H2,1-2H3. The van der Waals surface area contributed by atoms with Gasteiger partial charge in [0.1, 0.15) is 0 Å². The highest BCUT2D eigenvalue weighted by Crippen LogP contribution is 2.28. The van der Waals surface area contributed by atoms with Crippen molar-refractivity contribution in [1.82, 2.24) is 4.90 Å². The average Bonchev–Trinajstić information content (AvgIpc) is 3.08. The number of aryl methyl sites for hydroxylation is 1. The molecule has 23 heavy (non-hydrogen) atoms. The minimum atomic E-state index is 0.193. The summed E-state index contributed by atoms with van der Waals surface area (Å²) in [7, 11) is 0. The number of piperidine rings is 1. The maximum absolute atomic E-state index is 13.1. The summed E-state index contributed by atoms with van der Waals surface area (Å²) in [5.41, 5.74) is 9.17. The minimum absolute atomic E-state index is 0.193. The van der Waals surface area contributed by atoms with Gasteiger partial charge >= 0.3 is 0 Å². The number of nitrogens with two attached hydrogens (primary N) is 1. The number of anilines is 1. The van der Waals surface area contributed by atoms with E-state index in [9.17, 15) is 4.79 Å². The number of nitrogens with zero attached hydrogens (tertiary/aromatic N) is 2. The van der Waals surface area contributed by atoms with Crippen LogP contribution in [0.3, 0.4) is 0 Å². The van der Waals surface area contributed by atoms with Crippen LogP contribution in [0.4, 0.5) is 5.69 Å². The largest absolute Gasteiger partial charge is 0.371 e. The highest BCUT2D eigenvalue weighted by Gasteiger charge is 2.28. The Labute approximate surface area is 139 Å². The van der Waals surface area contributed by atoms with Gasteiger partial charge in [-0.05, 0) is 57.6 Å². The Morgan fingerprint density at radius 1 is 1.17 bits per heavy atom. The van der Waals surface area contributed by atoms with Crippen LogP contribution in [0.2, 0.25) is 0 Å². The first-order chi connectivity index (χ1) is 11.1. The second-order valence-corrected chi connectivity index (χ2v) is 7.20. The summed E-state index contributed by atoms with van der Waals surface area (Å²) < 4.78 is 0. The van der Waals surface area contributed by atoms with Crippen molar-refractivity contribution in [1.29, 1.82) is 0 Å². The molecule has 1 aromatic rings. The molecule has 0 aromatic heterocycles. The van der Waals surface area contributed by atoms with Crippen molar-refractivity contribution in [2.75, 3.05) is 31.1 Å². The number of hydrogen-bond acceptors (Lipinski definition) is 3. The molecule has 4 heteroatoms. The van der Waals surface area contributed by atoms with Crippen molar-refractivity contribution >= 4 is 11.6 Å². The number of carbonyl (C=O) groups excluding carboxylic acids is 1. The van der Waals surface area contributed by atoms with Gasteiger partial charge in [-0.2, -0.15) is 0 Å². The van der Waals surface area contributed by atoms with E-state index in [1.165, 1.54) is 12.8 Å². The van der Waals surface area contributed by atoms with Crippen LogP contribution in [0, 0.1) is 12.8 Å². The Hall–Kier alpha value is -1.55. The number of hydrogen-bond donors (Lipinski definition) is 1. The van der Waals surface area contributed by atoms with Crippen molar-refractivity contribution < 1.29 is 4.79 Å². The predicted octanol–water partition coefficient (Wildman–Crippen LogP) is 2.79. The molecule has 1 amide bonds. The highest BCUT2D eigenvalue weighted by atomic mass is 16.2. The van der Waals surface area contributed by atoms with E-state index in [4.69, 9.17) is 5.73 Å². The molecule has 0 spiro atoms. The van der Waals surface area contributed by atoms with E-state index in [0.29, 0.717) is 5.92 Å². The van der Waals surface area contributed by atoms with Gasteiger partial charge in [-0.1, -0.05) is 11.6 Å². The second-order valence-electron chi connectivity index (χ2n) is 7.20. The topological polar surface area (TPSA) is 49.6 Å². The van der Waals surface area contributed by atoms with E-state index >= 15 is 0 Å². The van der Waals surface area contributed by atoms with Crippen LogP contribution >= 0.6 is 0 Å². The van der Waals surface area contributed by atoms with E-state index in [0.717, 1.165) is 55.8 Å². The van der Waals surface area contributed by atoms with Gasteiger partial charge < -0.3 is 15.5 Å².